The highest BCUT2D eigenvalue weighted by molar-refractivity contribution is 5.96. The molecule has 2 aromatic carbocycles. The van der Waals surface area contributed by atoms with Gasteiger partial charge in [0.2, 0.25) is 5.91 Å². The number of piperazine rings is 1. The lowest BCUT2D eigenvalue weighted by Gasteiger charge is -2.36. The Kier molecular flexibility index (Phi) is 6.99. The lowest BCUT2D eigenvalue weighted by molar-refractivity contribution is -0.122. The second-order valence-electron chi connectivity index (χ2n) is 7.92. The number of nitrogens with one attached hydrogen (secondary N) is 2. The maximum Gasteiger partial charge on any atom is 0.273 e. The van der Waals surface area contributed by atoms with Crippen molar-refractivity contribution in [2.75, 3.05) is 37.6 Å². The van der Waals surface area contributed by atoms with E-state index in [4.69, 9.17) is 0 Å². The highest BCUT2D eigenvalue weighted by Crippen LogP contribution is 2.17. The second kappa shape index (κ2) is 10.3. The van der Waals surface area contributed by atoms with Gasteiger partial charge in [-0.1, -0.05) is 30.3 Å². The number of para-hydroxylation sites is 2. The van der Waals surface area contributed by atoms with Gasteiger partial charge < -0.3 is 4.90 Å². The Bertz CT molecular complexity index is 1110. The molecule has 1 saturated heterocycles. The van der Waals surface area contributed by atoms with Gasteiger partial charge in [0, 0.05) is 44.8 Å². The van der Waals surface area contributed by atoms with Crippen molar-refractivity contribution < 1.29 is 14.0 Å². The number of aromatic nitrogens is 2. The number of hydrazine groups is 1. The van der Waals surface area contributed by atoms with Gasteiger partial charge in [0.1, 0.15) is 11.5 Å². The summed E-state index contributed by atoms with van der Waals surface area (Å²) >= 11 is 0. The van der Waals surface area contributed by atoms with Crippen LogP contribution in [0.5, 0.6) is 0 Å². The monoisotopic (exact) mass is 450 g/mol. The molecule has 0 atom stereocenters. The summed E-state index contributed by atoms with van der Waals surface area (Å²) in [5.41, 5.74) is 7.08. The van der Waals surface area contributed by atoms with Crippen molar-refractivity contribution in [3.63, 3.8) is 0 Å². The number of carbonyl (C=O) groups is 2. The van der Waals surface area contributed by atoms with Gasteiger partial charge in [-0.2, -0.15) is 5.10 Å². The predicted molar refractivity (Wildman–Crippen MR) is 124 cm³/mol. The molecule has 2 N–H and O–H groups in total. The number of carbonyl (C=O) groups excluding carboxylic acids is 2. The van der Waals surface area contributed by atoms with Crippen molar-refractivity contribution >= 4 is 17.5 Å². The Morgan fingerprint density at radius 2 is 1.67 bits per heavy atom. The van der Waals surface area contributed by atoms with Crippen LogP contribution in [0, 0.1) is 12.7 Å². The molecular weight excluding hydrogens is 423 g/mol. The molecule has 0 aliphatic carbocycles. The number of rotatable bonds is 6. The summed E-state index contributed by atoms with van der Waals surface area (Å²) in [6, 6.07) is 16.5. The minimum Gasteiger partial charge on any atom is -0.369 e. The van der Waals surface area contributed by atoms with Gasteiger partial charge >= 0.3 is 0 Å². The normalized spacial score (nSPS) is 14.2. The van der Waals surface area contributed by atoms with E-state index in [0.717, 1.165) is 26.2 Å². The van der Waals surface area contributed by atoms with Crippen LogP contribution in [0.15, 0.2) is 60.8 Å². The Hall–Kier alpha value is -3.72. The SMILES string of the molecule is Cc1c(C(=O)NNC(=O)CCN2CCN(c3ccccc3)CC2)cnn1-c1ccccc1F. The predicted octanol–water partition coefficient (Wildman–Crippen LogP) is 2.29. The Labute approximate surface area is 192 Å². The molecule has 0 spiro atoms. The van der Waals surface area contributed by atoms with Crippen molar-refractivity contribution in [2.24, 2.45) is 0 Å². The molecule has 9 heteroatoms. The van der Waals surface area contributed by atoms with Gasteiger partial charge in [-0.15, -0.1) is 0 Å². The van der Waals surface area contributed by atoms with E-state index in [1.807, 2.05) is 18.2 Å². The van der Waals surface area contributed by atoms with Crippen LogP contribution in [0.2, 0.25) is 0 Å². The standard InChI is InChI=1S/C24H27FN6O2/c1-18-20(17-26-31(18)22-10-6-5-9-21(22)25)24(33)28-27-23(32)11-12-29-13-15-30(16-14-29)19-7-3-2-4-8-19/h2-10,17H,11-16H2,1H3,(H,27,32)(H,28,33). The average molecular weight is 451 g/mol. The summed E-state index contributed by atoms with van der Waals surface area (Å²) in [7, 11) is 0. The molecule has 172 valence electrons. The van der Waals surface area contributed by atoms with Crippen LogP contribution in [0.3, 0.4) is 0 Å². The third-order valence-corrected chi connectivity index (χ3v) is 5.80. The Morgan fingerprint density at radius 1 is 0.970 bits per heavy atom. The lowest BCUT2D eigenvalue weighted by Crippen LogP contribution is -2.48. The van der Waals surface area contributed by atoms with E-state index < -0.39 is 11.7 Å². The van der Waals surface area contributed by atoms with E-state index in [-0.39, 0.29) is 23.6 Å². The van der Waals surface area contributed by atoms with Gasteiger partial charge in [-0.3, -0.25) is 25.3 Å². The molecule has 1 aromatic heterocycles. The summed E-state index contributed by atoms with van der Waals surface area (Å²) in [6.07, 6.45) is 1.63. The fourth-order valence-corrected chi connectivity index (χ4v) is 3.88. The second-order valence-corrected chi connectivity index (χ2v) is 7.92. The van der Waals surface area contributed by atoms with Crippen LogP contribution >= 0.6 is 0 Å². The van der Waals surface area contributed by atoms with Crippen LogP contribution in [0.4, 0.5) is 10.1 Å². The van der Waals surface area contributed by atoms with Crippen LogP contribution in [0.1, 0.15) is 22.5 Å². The third-order valence-electron chi connectivity index (χ3n) is 5.80. The Morgan fingerprint density at radius 3 is 2.39 bits per heavy atom. The summed E-state index contributed by atoms with van der Waals surface area (Å²) in [5.74, 6) is -1.21. The molecular formula is C24H27FN6O2. The topological polar surface area (TPSA) is 82.5 Å². The third kappa shape index (κ3) is 5.38. The summed E-state index contributed by atoms with van der Waals surface area (Å²) in [6.45, 7) is 5.87. The number of nitrogens with zero attached hydrogens (tertiary/aromatic N) is 4. The van der Waals surface area contributed by atoms with Crippen molar-refractivity contribution in [3.8, 4) is 5.69 Å². The van der Waals surface area contributed by atoms with Crippen molar-refractivity contribution in [1.29, 1.82) is 0 Å². The molecule has 33 heavy (non-hydrogen) atoms. The van der Waals surface area contributed by atoms with E-state index >= 15 is 0 Å². The summed E-state index contributed by atoms with van der Waals surface area (Å²) in [5, 5.41) is 4.11. The molecule has 1 aliphatic rings. The average Bonchev–Trinajstić information content (AvgIpc) is 3.23. The van der Waals surface area contributed by atoms with Gasteiger partial charge in [0.25, 0.3) is 5.91 Å². The van der Waals surface area contributed by atoms with Gasteiger partial charge in [0.15, 0.2) is 0 Å². The number of halogens is 1. The molecule has 1 fully saturated rings. The summed E-state index contributed by atoms with van der Waals surface area (Å²) < 4.78 is 15.4. The molecule has 4 rings (SSSR count). The fourth-order valence-electron chi connectivity index (χ4n) is 3.88. The van der Waals surface area contributed by atoms with Gasteiger partial charge in [0.05, 0.1) is 17.5 Å². The molecule has 1 aliphatic heterocycles. The molecule has 2 amide bonds. The van der Waals surface area contributed by atoms with Crippen LogP contribution in [-0.4, -0.2) is 59.2 Å². The highest BCUT2D eigenvalue weighted by Gasteiger charge is 2.19. The quantitative estimate of drug-likeness (QED) is 0.563. The maximum atomic E-state index is 14.0. The van der Waals surface area contributed by atoms with Crippen molar-refractivity contribution in [3.05, 3.63) is 77.9 Å². The number of hydrogen-bond donors (Lipinski definition) is 2. The smallest absolute Gasteiger partial charge is 0.273 e. The summed E-state index contributed by atoms with van der Waals surface area (Å²) in [4.78, 5) is 29.3. The zero-order valence-electron chi connectivity index (χ0n) is 18.5. The fraction of sp³-hybridized carbons (Fsp3) is 0.292. The van der Waals surface area contributed by atoms with E-state index in [0.29, 0.717) is 12.2 Å². The Balaban J connectivity index is 1.22. The van der Waals surface area contributed by atoms with E-state index in [1.165, 1.54) is 22.6 Å². The molecule has 0 saturated carbocycles. The van der Waals surface area contributed by atoms with E-state index in [1.54, 1.807) is 25.1 Å². The highest BCUT2D eigenvalue weighted by atomic mass is 19.1. The number of amides is 2. The first-order valence-electron chi connectivity index (χ1n) is 10.9. The van der Waals surface area contributed by atoms with Crippen molar-refractivity contribution in [2.45, 2.75) is 13.3 Å². The van der Waals surface area contributed by atoms with Gasteiger partial charge in [-0.05, 0) is 31.2 Å². The molecule has 0 bridgehead atoms. The molecule has 3 aromatic rings. The lowest BCUT2D eigenvalue weighted by atomic mass is 10.2. The number of anilines is 1. The minimum atomic E-state index is -0.500. The van der Waals surface area contributed by atoms with E-state index in [9.17, 15) is 14.0 Å². The number of benzene rings is 2. The molecule has 2 heterocycles. The van der Waals surface area contributed by atoms with Crippen molar-refractivity contribution in [1.82, 2.24) is 25.5 Å². The maximum absolute atomic E-state index is 14.0. The minimum absolute atomic E-state index is 0.255. The molecule has 0 unspecified atom stereocenters. The van der Waals surface area contributed by atoms with Gasteiger partial charge in [-0.25, -0.2) is 9.07 Å². The first-order valence-corrected chi connectivity index (χ1v) is 10.9. The zero-order valence-corrected chi connectivity index (χ0v) is 18.5. The van der Waals surface area contributed by atoms with Crippen LogP contribution < -0.4 is 15.8 Å². The zero-order chi connectivity index (χ0) is 23.2. The first-order chi connectivity index (χ1) is 16.0. The molecule has 8 nitrogen and oxygen atoms in total. The van der Waals surface area contributed by atoms with Crippen LogP contribution in [0.25, 0.3) is 5.69 Å². The first kappa shape index (κ1) is 22.5. The number of hydrogen-bond acceptors (Lipinski definition) is 5. The molecule has 0 radical (unpaired) electrons. The largest absolute Gasteiger partial charge is 0.369 e. The van der Waals surface area contributed by atoms with Crippen LogP contribution in [-0.2, 0) is 4.79 Å². The van der Waals surface area contributed by atoms with E-state index in [2.05, 4.69) is 37.9 Å².